The van der Waals surface area contributed by atoms with E-state index in [1.54, 1.807) is 0 Å². The molecule has 0 aromatic heterocycles. The van der Waals surface area contributed by atoms with E-state index in [1.165, 1.54) is 19.2 Å². The van der Waals surface area contributed by atoms with Crippen molar-refractivity contribution in [1.82, 2.24) is 5.32 Å². The fourth-order valence-corrected chi connectivity index (χ4v) is 1.49. The van der Waals surface area contributed by atoms with Gasteiger partial charge in [0.05, 0.1) is 5.02 Å². The highest BCUT2D eigenvalue weighted by Gasteiger charge is 2.38. The minimum Gasteiger partial charge on any atom is -0.309 e. The van der Waals surface area contributed by atoms with Crippen molar-refractivity contribution in [3.63, 3.8) is 0 Å². The zero-order chi connectivity index (χ0) is 12.3. The van der Waals surface area contributed by atoms with Crippen molar-refractivity contribution < 1.29 is 17.6 Å². The van der Waals surface area contributed by atoms with Crippen LogP contribution in [-0.2, 0) is 6.42 Å². The molecule has 0 heterocycles. The second-order valence-electron chi connectivity index (χ2n) is 3.34. The van der Waals surface area contributed by atoms with E-state index >= 15 is 0 Å². The molecule has 0 amide bonds. The van der Waals surface area contributed by atoms with Crippen molar-refractivity contribution in [2.24, 2.45) is 0 Å². The fourth-order valence-electron chi connectivity index (χ4n) is 1.28. The van der Waals surface area contributed by atoms with Crippen LogP contribution in [0.5, 0.6) is 0 Å². The topological polar surface area (TPSA) is 12.0 Å². The van der Waals surface area contributed by atoms with E-state index in [9.17, 15) is 17.6 Å². The third-order valence-corrected chi connectivity index (χ3v) is 2.46. The number of nitrogens with one attached hydrogen (secondary N) is 1. The maximum Gasteiger partial charge on any atom is 0.404 e. The lowest BCUT2D eigenvalue weighted by atomic mass is 10.1. The largest absolute Gasteiger partial charge is 0.404 e. The van der Waals surface area contributed by atoms with Crippen molar-refractivity contribution in [2.75, 3.05) is 7.05 Å². The van der Waals surface area contributed by atoms with E-state index in [0.29, 0.717) is 5.56 Å². The zero-order valence-electron chi connectivity index (χ0n) is 8.41. The summed E-state index contributed by atoms with van der Waals surface area (Å²) in [5.74, 6) is -0.640. The Morgan fingerprint density at radius 1 is 1.38 bits per heavy atom. The summed E-state index contributed by atoms with van der Waals surface area (Å²) in [4.78, 5) is 0. The van der Waals surface area contributed by atoms with Gasteiger partial charge in [0.15, 0.2) is 0 Å². The highest BCUT2D eigenvalue weighted by atomic mass is 35.5. The number of alkyl halides is 3. The van der Waals surface area contributed by atoms with E-state index < -0.39 is 18.0 Å². The summed E-state index contributed by atoms with van der Waals surface area (Å²) < 4.78 is 50.0. The van der Waals surface area contributed by atoms with Crippen molar-refractivity contribution in [3.8, 4) is 0 Å². The molecule has 1 unspecified atom stereocenters. The van der Waals surface area contributed by atoms with Gasteiger partial charge in [-0.1, -0.05) is 17.7 Å². The van der Waals surface area contributed by atoms with Gasteiger partial charge in [-0.2, -0.15) is 13.2 Å². The lowest BCUT2D eigenvalue weighted by molar-refractivity contribution is -0.154. The van der Waals surface area contributed by atoms with Gasteiger partial charge in [-0.15, -0.1) is 0 Å². The molecule has 0 saturated carbocycles. The molecule has 0 spiro atoms. The quantitative estimate of drug-likeness (QED) is 0.818. The summed E-state index contributed by atoms with van der Waals surface area (Å²) in [7, 11) is 1.23. The molecule has 0 bridgehead atoms. The minimum atomic E-state index is -4.34. The van der Waals surface area contributed by atoms with Crippen LogP contribution in [0.2, 0.25) is 5.02 Å². The molecule has 16 heavy (non-hydrogen) atoms. The molecule has 0 saturated heterocycles. The second kappa shape index (κ2) is 5.01. The molecule has 0 radical (unpaired) electrons. The lowest BCUT2D eigenvalue weighted by Crippen LogP contribution is -2.41. The van der Waals surface area contributed by atoms with E-state index in [1.807, 2.05) is 0 Å². The molecule has 6 heteroatoms. The van der Waals surface area contributed by atoms with Crippen molar-refractivity contribution in [3.05, 3.63) is 34.6 Å². The van der Waals surface area contributed by atoms with Crippen LogP contribution in [-0.4, -0.2) is 19.3 Å². The summed E-state index contributed by atoms with van der Waals surface area (Å²) in [6, 6.07) is 1.89. The average molecular weight is 256 g/mol. The smallest absolute Gasteiger partial charge is 0.309 e. The van der Waals surface area contributed by atoms with E-state index in [0.717, 1.165) is 6.07 Å². The number of halogens is 5. The molecular weight excluding hydrogens is 246 g/mol. The maximum atomic E-state index is 12.8. The van der Waals surface area contributed by atoms with Crippen molar-refractivity contribution >= 4 is 11.6 Å². The summed E-state index contributed by atoms with van der Waals surface area (Å²) >= 11 is 5.48. The Balaban J connectivity index is 2.83. The van der Waals surface area contributed by atoms with Gasteiger partial charge in [0.1, 0.15) is 11.9 Å². The fraction of sp³-hybridized carbons (Fsp3) is 0.400. The molecule has 1 N–H and O–H groups in total. The predicted molar refractivity (Wildman–Crippen MR) is 54.0 cm³/mol. The summed E-state index contributed by atoms with van der Waals surface area (Å²) in [5, 5.41) is 1.99. The minimum absolute atomic E-state index is 0.172. The Morgan fingerprint density at radius 2 is 2.00 bits per heavy atom. The van der Waals surface area contributed by atoms with Gasteiger partial charge in [0.25, 0.3) is 0 Å². The highest BCUT2D eigenvalue weighted by Crippen LogP contribution is 2.24. The molecule has 1 aromatic carbocycles. The van der Waals surface area contributed by atoms with Gasteiger partial charge >= 0.3 is 6.18 Å². The lowest BCUT2D eigenvalue weighted by Gasteiger charge is -2.19. The standard InChI is InChI=1S/C10H10ClF4N/c1-16-9(10(13,14)15)5-6-2-3-8(12)7(11)4-6/h2-4,9,16H,5H2,1H3. The second-order valence-corrected chi connectivity index (χ2v) is 3.74. The number of rotatable bonds is 3. The third-order valence-electron chi connectivity index (χ3n) is 2.17. The first kappa shape index (κ1) is 13.3. The van der Waals surface area contributed by atoms with Crippen molar-refractivity contribution in [2.45, 2.75) is 18.6 Å². The number of likely N-dealkylation sites (N-methyl/N-ethyl adjacent to an activating group) is 1. The molecule has 1 nitrogen and oxygen atoms in total. The molecule has 0 aliphatic rings. The van der Waals surface area contributed by atoms with Crippen LogP contribution < -0.4 is 5.32 Å². The maximum absolute atomic E-state index is 12.8. The van der Waals surface area contributed by atoms with Gasteiger partial charge in [-0.25, -0.2) is 4.39 Å². The van der Waals surface area contributed by atoms with E-state index in [4.69, 9.17) is 11.6 Å². The Labute approximate surface area is 95.4 Å². The van der Waals surface area contributed by atoms with Crippen LogP contribution >= 0.6 is 11.6 Å². The van der Waals surface area contributed by atoms with Crippen LogP contribution in [0.1, 0.15) is 5.56 Å². The predicted octanol–water partition coefficient (Wildman–Crippen LogP) is 3.17. The van der Waals surface area contributed by atoms with E-state index in [-0.39, 0.29) is 11.4 Å². The Hall–Kier alpha value is -0.810. The summed E-state index contributed by atoms with van der Waals surface area (Å²) in [6.07, 6.45) is -4.62. The summed E-state index contributed by atoms with van der Waals surface area (Å²) in [6.45, 7) is 0. The third kappa shape index (κ3) is 3.35. The van der Waals surface area contributed by atoms with Crippen LogP contribution in [0.4, 0.5) is 17.6 Å². The van der Waals surface area contributed by atoms with Crippen LogP contribution in [0, 0.1) is 5.82 Å². The summed E-state index contributed by atoms with van der Waals surface area (Å²) in [5.41, 5.74) is 0.336. The van der Waals surface area contributed by atoms with Crippen LogP contribution in [0.25, 0.3) is 0 Å². The first-order valence-electron chi connectivity index (χ1n) is 4.52. The molecule has 90 valence electrons. The molecule has 1 rings (SSSR count). The number of hydrogen-bond acceptors (Lipinski definition) is 1. The van der Waals surface area contributed by atoms with E-state index in [2.05, 4.69) is 5.32 Å². The molecular formula is C10H10ClF4N. The van der Waals surface area contributed by atoms with Crippen molar-refractivity contribution in [1.29, 1.82) is 0 Å². The molecule has 0 aliphatic heterocycles. The molecule has 0 aliphatic carbocycles. The van der Waals surface area contributed by atoms with Crippen LogP contribution in [0.3, 0.4) is 0 Å². The van der Waals surface area contributed by atoms with Gasteiger partial charge in [-0.3, -0.25) is 0 Å². The average Bonchev–Trinajstić information content (AvgIpc) is 2.18. The number of benzene rings is 1. The molecule has 1 aromatic rings. The molecule has 0 fully saturated rings. The van der Waals surface area contributed by atoms with Gasteiger partial charge in [-0.05, 0) is 31.2 Å². The van der Waals surface area contributed by atoms with Gasteiger partial charge in [0.2, 0.25) is 0 Å². The first-order valence-corrected chi connectivity index (χ1v) is 4.90. The zero-order valence-corrected chi connectivity index (χ0v) is 9.16. The molecule has 1 atom stereocenters. The van der Waals surface area contributed by atoms with Crippen LogP contribution in [0.15, 0.2) is 18.2 Å². The first-order chi connectivity index (χ1) is 7.34. The Morgan fingerprint density at radius 3 is 2.44 bits per heavy atom. The SMILES string of the molecule is CNC(Cc1ccc(F)c(Cl)c1)C(F)(F)F. The Bertz CT molecular complexity index is 364. The number of hydrogen-bond donors (Lipinski definition) is 1. The van der Waals surface area contributed by atoms with Gasteiger partial charge in [0, 0.05) is 0 Å². The Kier molecular flexibility index (Phi) is 4.15. The normalized spacial score (nSPS) is 13.9. The van der Waals surface area contributed by atoms with Gasteiger partial charge < -0.3 is 5.32 Å². The highest BCUT2D eigenvalue weighted by molar-refractivity contribution is 6.30. The monoisotopic (exact) mass is 255 g/mol.